The van der Waals surface area contributed by atoms with Crippen LogP contribution in [0.15, 0.2) is 41.3 Å². The van der Waals surface area contributed by atoms with Crippen molar-refractivity contribution in [2.24, 2.45) is 0 Å². The molecule has 0 fully saturated rings. The number of ether oxygens (including phenoxy) is 1. The summed E-state index contributed by atoms with van der Waals surface area (Å²) < 4.78 is 70.3. The Morgan fingerprint density at radius 1 is 1.21 bits per heavy atom. The van der Waals surface area contributed by atoms with E-state index in [4.69, 9.17) is 16.3 Å². The van der Waals surface area contributed by atoms with Crippen molar-refractivity contribution in [3.05, 3.63) is 47.0 Å². The van der Waals surface area contributed by atoms with E-state index >= 15 is 0 Å². The van der Waals surface area contributed by atoms with Crippen LogP contribution in [0.25, 0.3) is 0 Å². The lowest BCUT2D eigenvalue weighted by Crippen LogP contribution is -2.51. The Morgan fingerprint density at radius 2 is 1.93 bits per heavy atom. The molecule has 0 radical (unpaired) electrons. The zero-order valence-electron chi connectivity index (χ0n) is 14.1. The van der Waals surface area contributed by atoms with Crippen LogP contribution in [-0.4, -0.2) is 27.6 Å². The molecule has 0 aliphatic carbocycles. The molecule has 1 aliphatic heterocycles. The molecular formula is C16H13ClF3N3O4S. The fourth-order valence-corrected chi connectivity index (χ4v) is 4.05. The fraction of sp³-hybridized carbons (Fsp3) is 0.188. The van der Waals surface area contributed by atoms with E-state index < -0.39 is 38.7 Å². The lowest BCUT2D eigenvalue weighted by Gasteiger charge is -2.27. The largest absolute Gasteiger partial charge is 0.495 e. The Labute approximate surface area is 162 Å². The molecule has 2 aromatic carbocycles. The molecule has 3 rings (SSSR count). The number of alkyl halides is 3. The van der Waals surface area contributed by atoms with Gasteiger partial charge in [-0.05, 0) is 36.4 Å². The molecule has 3 N–H and O–H groups in total. The Balaban J connectivity index is 1.86. The number of carbonyl (C=O) groups is 1. The van der Waals surface area contributed by atoms with Crippen LogP contribution in [0.1, 0.15) is 5.56 Å². The molecule has 1 heterocycles. The van der Waals surface area contributed by atoms with Gasteiger partial charge in [0.05, 0.1) is 23.4 Å². The number of anilines is 2. The van der Waals surface area contributed by atoms with E-state index in [1.807, 2.05) is 0 Å². The molecule has 150 valence electrons. The Bertz CT molecular complexity index is 1040. The highest BCUT2D eigenvalue weighted by Crippen LogP contribution is 2.35. The molecule has 0 saturated heterocycles. The van der Waals surface area contributed by atoms with Gasteiger partial charge in [-0.15, -0.1) is 0 Å². The quantitative estimate of drug-likeness (QED) is 0.688. The second kappa shape index (κ2) is 7.15. The monoisotopic (exact) mass is 435 g/mol. The molecule has 1 atom stereocenters. The molecule has 0 spiro atoms. The van der Waals surface area contributed by atoms with Crippen LogP contribution >= 0.6 is 11.6 Å². The van der Waals surface area contributed by atoms with Crippen molar-refractivity contribution < 1.29 is 31.1 Å². The van der Waals surface area contributed by atoms with Gasteiger partial charge in [-0.2, -0.15) is 17.9 Å². The van der Waals surface area contributed by atoms with Crippen LogP contribution in [0, 0.1) is 0 Å². The van der Waals surface area contributed by atoms with E-state index in [0.29, 0.717) is 17.9 Å². The molecule has 0 saturated carbocycles. The zero-order valence-corrected chi connectivity index (χ0v) is 15.7. The summed E-state index contributed by atoms with van der Waals surface area (Å²) in [5.41, 5.74) is -1.13. The van der Waals surface area contributed by atoms with Gasteiger partial charge in [-0.1, -0.05) is 11.6 Å². The number of rotatable bonds is 3. The predicted octanol–water partition coefficient (Wildman–Crippen LogP) is 3.04. The summed E-state index contributed by atoms with van der Waals surface area (Å²) in [7, 11) is -2.79. The van der Waals surface area contributed by atoms with Crippen molar-refractivity contribution in [2.75, 3.05) is 17.7 Å². The van der Waals surface area contributed by atoms with E-state index in [-0.39, 0.29) is 16.4 Å². The number of carbonyl (C=O) groups excluding carboxylic acids is 1. The van der Waals surface area contributed by atoms with E-state index in [9.17, 15) is 26.4 Å². The maximum atomic E-state index is 12.9. The van der Waals surface area contributed by atoms with Crippen molar-refractivity contribution in [1.82, 2.24) is 4.72 Å². The Morgan fingerprint density at radius 3 is 2.54 bits per heavy atom. The van der Waals surface area contributed by atoms with Gasteiger partial charge >= 0.3 is 6.18 Å². The topological polar surface area (TPSA) is 96.5 Å². The first-order valence-corrected chi connectivity index (χ1v) is 9.52. The summed E-state index contributed by atoms with van der Waals surface area (Å²) in [5.74, 6) is -0.474. The third-order valence-corrected chi connectivity index (χ3v) is 5.63. The SMILES string of the molecule is COc1ccc(NC(=O)[C@H]2Nc3cc(C(F)(F)F)ccc3S(=O)(=O)N2)cc1Cl. The van der Waals surface area contributed by atoms with Crippen LogP contribution in [-0.2, 0) is 21.0 Å². The number of amides is 1. The Kier molecular flexibility index (Phi) is 5.17. The highest BCUT2D eigenvalue weighted by molar-refractivity contribution is 7.89. The van der Waals surface area contributed by atoms with Crippen LogP contribution in [0.5, 0.6) is 5.75 Å². The first-order valence-electron chi connectivity index (χ1n) is 7.66. The van der Waals surface area contributed by atoms with Gasteiger partial charge in [0.25, 0.3) is 5.91 Å². The van der Waals surface area contributed by atoms with Crippen molar-refractivity contribution in [3.63, 3.8) is 0 Å². The number of halogens is 4. The van der Waals surface area contributed by atoms with Gasteiger partial charge in [-0.25, -0.2) is 8.42 Å². The highest BCUT2D eigenvalue weighted by atomic mass is 35.5. The number of benzene rings is 2. The van der Waals surface area contributed by atoms with Crippen LogP contribution in [0.2, 0.25) is 5.02 Å². The number of methoxy groups -OCH3 is 1. The maximum Gasteiger partial charge on any atom is 0.416 e. The first kappa shape index (κ1) is 20.2. The zero-order chi connectivity index (χ0) is 20.7. The molecule has 2 aromatic rings. The van der Waals surface area contributed by atoms with Gasteiger partial charge < -0.3 is 15.4 Å². The fourth-order valence-electron chi connectivity index (χ4n) is 2.53. The van der Waals surface area contributed by atoms with Crippen molar-refractivity contribution in [3.8, 4) is 5.75 Å². The number of nitrogens with one attached hydrogen (secondary N) is 3. The standard InChI is InChI=1S/C16H13ClF3N3O4S/c1-27-12-4-3-9(7-10(12)17)21-15(24)14-22-11-6-8(16(18,19)20)2-5-13(11)28(25,26)23-14/h2-7,14,22-23H,1H3,(H,21,24)/t14-/m0/s1. The minimum atomic E-state index is -4.66. The van der Waals surface area contributed by atoms with Crippen LogP contribution in [0.3, 0.4) is 0 Å². The second-order valence-electron chi connectivity index (χ2n) is 5.75. The molecule has 0 aromatic heterocycles. The molecule has 1 amide bonds. The lowest BCUT2D eigenvalue weighted by molar-refractivity contribution is -0.137. The maximum absolute atomic E-state index is 12.9. The van der Waals surface area contributed by atoms with E-state index in [1.54, 1.807) is 0 Å². The van der Waals surface area contributed by atoms with Crippen LogP contribution in [0.4, 0.5) is 24.5 Å². The predicted molar refractivity (Wildman–Crippen MR) is 95.8 cm³/mol. The molecule has 28 heavy (non-hydrogen) atoms. The minimum absolute atomic E-state index is 0.206. The van der Waals surface area contributed by atoms with E-state index in [0.717, 1.165) is 6.07 Å². The Hall–Kier alpha value is -2.50. The first-order chi connectivity index (χ1) is 13.0. The summed E-state index contributed by atoms with van der Waals surface area (Å²) in [5, 5.41) is 5.10. The summed E-state index contributed by atoms with van der Waals surface area (Å²) in [6.45, 7) is 0. The average molecular weight is 436 g/mol. The normalized spacial score (nSPS) is 18.0. The minimum Gasteiger partial charge on any atom is -0.495 e. The molecule has 0 unspecified atom stereocenters. The van der Waals surface area contributed by atoms with Gasteiger partial charge in [0.1, 0.15) is 10.6 Å². The molecule has 0 bridgehead atoms. The smallest absolute Gasteiger partial charge is 0.416 e. The van der Waals surface area contributed by atoms with Crippen molar-refractivity contribution >= 4 is 38.9 Å². The van der Waals surface area contributed by atoms with Crippen LogP contribution < -0.4 is 20.1 Å². The van der Waals surface area contributed by atoms with Crippen molar-refractivity contribution in [1.29, 1.82) is 0 Å². The number of sulfonamides is 1. The number of hydrogen-bond acceptors (Lipinski definition) is 5. The van der Waals surface area contributed by atoms with Gasteiger partial charge in [0.2, 0.25) is 10.0 Å². The summed E-state index contributed by atoms with van der Waals surface area (Å²) >= 11 is 5.96. The van der Waals surface area contributed by atoms with Crippen molar-refractivity contribution in [2.45, 2.75) is 17.2 Å². The summed E-state index contributed by atoms with van der Waals surface area (Å²) in [4.78, 5) is 12.0. The molecule has 1 aliphatic rings. The number of fused-ring (bicyclic) bond motifs is 1. The third-order valence-electron chi connectivity index (χ3n) is 3.85. The van der Waals surface area contributed by atoms with Gasteiger partial charge in [0, 0.05) is 5.69 Å². The molecule has 7 nitrogen and oxygen atoms in total. The highest BCUT2D eigenvalue weighted by Gasteiger charge is 2.37. The lowest BCUT2D eigenvalue weighted by atomic mass is 10.2. The average Bonchev–Trinajstić information content (AvgIpc) is 2.60. The molecule has 12 heteroatoms. The second-order valence-corrected chi connectivity index (χ2v) is 7.84. The van der Waals surface area contributed by atoms with E-state index in [1.165, 1.54) is 25.3 Å². The summed E-state index contributed by atoms with van der Waals surface area (Å²) in [6.07, 6.45) is -6.19. The number of hydrogen-bond donors (Lipinski definition) is 3. The third kappa shape index (κ3) is 4.01. The van der Waals surface area contributed by atoms with E-state index in [2.05, 4.69) is 15.4 Å². The van der Waals surface area contributed by atoms with Gasteiger partial charge in [-0.3, -0.25) is 4.79 Å². The molecular weight excluding hydrogens is 423 g/mol. The summed E-state index contributed by atoms with van der Waals surface area (Å²) in [6, 6.07) is 6.45. The van der Waals surface area contributed by atoms with Gasteiger partial charge in [0.15, 0.2) is 6.17 Å².